The summed E-state index contributed by atoms with van der Waals surface area (Å²) in [5, 5.41) is 27.1. The summed E-state index contributed by atoms with van der Waals surface area (Å²) in [7, 11) is 0. The predicted octanol–water partition coefficient (Wildman–Crippen LogP) is 5.01. The monoisotopic (exact) mass is 557 g/mol. The first-order valence-electron chi connectivity index (χ1n) is 11.9. The minimum atomic E-state index is -0.518. The number of carbonyl (C=O) groups excluding carboxylic acids is 1. The highest BCUT2D eigenvalue weighted by atomic mass is 35.5. The van der Waals surface area contributed by atoms with E-state index in [1.165, 1.54) is 11.0 Å². The topological polar surface area (TPSA) is 137 Å². The predicted molar refractivity (Wildman–Crippen MR) is 146 cm³/mol. The summed E-state index contributed by atoms with van der Waals surface area (Å²) >= 11 is 12.7. The van der Waals surface area contributed by atoms with Crippen LogP contribution in [0.1, 0.15) is 28.6 Å². The van der Waals surface area contributed by atoms with E-state index in [0.29, 0.717) is 39.4 Å². The smallest absolute Gasteiger partial charge is 0.315 e. The summed E-state index contributed by atoms with van der Waals surface area (Å²) in [6, 6.07) is 23.1. The molecular formula is C27H21Cl2N9O. The molecule has 0 spiro atoms. The van der Waals surface area contributed by atoms with Crippen LogP contribution in [0.2, 0.25) is 10.2 Å². The van der Waals surface area contributed by atoms with E-state index in [9.17, 15) is 4.79 Å². The van der Waals surface area contributed by atoms with Crippen molar-refractivity contribution < 1.29 is 4.79 Å². The van der Waals surface area contributed by atoms with E-state index in [2.05, 4.69) is 37.2 Å². The lowest BCUT2D eigenvalue weighted by Gasteiger charge is -2.18. The standard InChI is InChI=1S/C27H21Cl2N9O/c28-21-10-11-23(38-16-32-36-37-38)20(13-21)15-31-27(39)33-22(12-17-4-2-1-3-5-17)26-34-24(25(29)35-26)19-8-6-18(14-30)7-9-19/h1-11,13,16,22H,12,15H2,(H,34,35)(H2,31,33,39)/t22-/m0/s1. The number of H-pyrrole nitrogens is 1. The van der Waals surface area contributed by atoms with Crippen molar-refractivity contribution in [3.63, 3.8) is 0 Å². The fourth-order valence-corrected chi connectivity index (χ4v) is 4.51. The zero-order valence-corrected chi connectivity index (χ0v) is 21.9. The Bertz CT molecular complexity index is 1610. The third-order valence-electron chi connectivity index (χ3n) is 5.96. The van der Waals surface area contributed by atoms with E-state index in [1.807, 2.05) is 30.3 Å². The van der Waals surface area contributed by atoms with Crippen LogP contribution in [0.4, 0.5) is 4.79 Å². The molecule has 0 aliphatic heterocycles. The van der Waals surface area contributed by atoms with Crippen LogP contribution in [-0.2, 0) is 13.0 Å². The van der Waals surface area contributed by atoms with Crippen LogP contribution in [0.25, 0.3) is 16.9 Å². The number of tetrazole rings is 1. The molecule has 2 amide bonds. The van der Waals surface area contributed by atoms with Crippen LogP contribution in [0.15, 0.2) is 79.1 Å². The molecule has 3 aromatic carbocycles. The zero-order chi connectivity index (χ0) is 27.2. The highest BCUT2D eigenvalue weighted by Gasteiger charge is 2.22. The number of hydrogen-bond donors (Lipinski definition) is 3. The van der Waals surface area contributed by atoms with Crippen LogP contribution in [-0.4, -0.2) is 36.2 Å². The highest BCUT2D eigenvalue weighted by molar-refractivity contribution is 6.32. The van der Waals surface area contributed by atoms with Crippen molar-refractivity contribution >= 4 is 29.2 Å². The Balaban J connectivity index is 1.36. The van der Waals surface area contributed by atoms with E-state index in [1.54, 1.807) is 42.5 Å². The van der Waals surface area contributed by atoms with Crippen molar-refractivity contribution in [3.05, 3.63) is 112 Å². The summed E-state index contributed by atoms with van der Waals surface area (Å²) in [6.45, 7) is 0.176. The molecule has 5 rings (SSSR count). The Hall–Kier alpha value is -4.72. The number of amides is 2. The minimum Gasteiger partial charge on any atom is -0.334 e. The van der Waals surface area contributed by atoms with Crippen molar-refractivity contribution in [2.45, 2.75) is 19.0 Å². The Morgan fingerprint density at radius 1 is 1.08 bits per heavy atom. The van der Waals surface area contributed by atoms with E-state index in [0.717, 1.165) is 16.7 Å². The Kier molecular flexibility index (Phi) is 7.82. The molecule has 10 nitrogen and oxygen atoms in total. The summed E-state index contributed by atoms with van der Waals surface area (Å²) < 4.78 is 1.50. The number of aromatic amines is 1. The maximum absolute atomic E-state index is 13.1. The molecular weight excluding hydrogens is 537 g/mol. The number of aromatic nitrogens is 6. The fraction of sp³-hybridized carbons (Fsp3) is 0.111. The number of carbonyl (C=O) groups is 1. The average molecular weight is 558 g/mol. The van der Waals surface area contributed by atoms with Gasteiger partial charge in [-0.3, -0.25) is 0 Å². The quantitative estimate of drug-likeness (QED) is 0.245. The molecule has 194 valence electrons. The Labute approximate surface area is 233 Å². The number of imidazole rings is 1. The van der Waals surface area contributed by atoms with Crippen molar-refractivity contribution in [1.82, 2.24) is 40.8 Å². The molecule has 0 radical (unpaired) electrons. The molecule has 2 aromatic heterocycles. The van der Waals surface area contributed by atoms with Crippen LogP contribution in [0, 0.1) is 11.3 Å². The molecule has 0 unspecified atom stereocenters. The van der Waals surface area contributed by atoms with Crippen molar-refractivity contribution in [2.24, 2.45) is 0 Å². The lowest BCUT2D eigenvalue weighted by Crippen LogP contribution is -2.39. The van der Waals surface area contributed by atoms with Crippen LogP contribution in [0.5, 0.6) is 0 Å². The molecule has 3 N–H and O–H groups in total. The lowest BCUT2D eigenvalue weighted by molar-refractivity contribution is 0.236. The fourth-order valence-electron chi connectivity index (χ4n) is 4.07. The SMILES string of the molecule is N#Cc1ccc(-c2nc([C@H](Cc3ccccc3)NC(=O)NCc3cc(Cl)ccc3-n3cnnn3)[nH]c2Cl)cc1. The Morgan fingerprint density at radius 2 is 1.87 bits per heavy atom. The second-order valence-electron chi connectivity index (χ2n) is 8.57. The van der Waals surface area contributed by atoms with Gasteiger partial charge in [-0.05, 0) is 58.3 Å². The van der Waals surface area contributed by atoms with E-state index in [4.69, 9.17) is 33.4 Å². The normalized spacial score (nSPS) is 11.5. The third kappa shape index (κ3) is 6.23. The van der Waals surface area contributed by atoms with Crippen LogP contribution in [0.3, 0.4) is 0 Å². The van der Waals surface area contributed by atoms with Crippen LogP contribution >= 0.6 is 23.2 Å². The van der Waals surface area contributed by atoms with Gasteiger partial charge in [-0.2, -0.15) is 5.26 Å². The van der Waals surface area contributed by atoms with E-state index >= 15 is 0 Å². The lowest BCUT2D eigenvalue weighted by atomic mass is 10.1. The molecule has 0 saturated carbocycles. The van der Waals surface area contributed by atoms with Gasteiger partial charge in [0.15, 0.2) is 0 Å². The van der Waals surface area contributed by atoms with Crippen LogP contribution < -0.4 is 10.6 Å². The van der Waals surface area contributed by atoms with Crippen molar-refractivity contribution in [3.8, 4) is 23.0 Å². The minimum absolute atomic E-state index is 0.176. The third-order valence-corrected chi connectivity index (χ3v) is 6.47. The van der Waals surface area contributed by atoms with E-state index in [-0.39, 0.29) is 6.54 Å². The number of halogens is 2. The van der Waals surface area contributed by atoms with Gasteiger partial charge in [0.05, 0.1) is 23.4 Å². The molecule has 0 saturated heterocycles. The summed E-state index contributed by atoms with van der Waals surface area (Å²) in [4.78, 5) is 20.9. The van der Waals surface area contributed by atoms with Gasteiger partial charge < -0.3 is 15.6 Å². The first-order chi connectivity index (χ1) is 19.0. The maximum Gasteiger partial charge on any atom is 0.315 e. The van der Waals surface area contributed by atoms with Gasteiger partial charge in [-0.1, -0.05) is 65.7 Å². The first-order valence-corrected chi connectivity index (χ1v) is 12.6. The number of hydrogen-bond acceptors (Lipinski definition) is 6. The number of urea groups is 1. The molecule has 5 aromatic rings. The summed E-state index contributed by atoms with van der Waals surface area (Å²) in [5.74, 6) is 0.496. The van der Waals surface area contributed by atoms with Gasteiger partial charge in [0.2, 0.25) is 0 Å². The number of benzene rings is 3. The number of nitrogens with zero attached hydrogens (tertiary/aromatic N) is 6. The van der Waals surface area contributed by atoms with Gasteiger partial charge in [-0.15, -0.1) is 5.10 Å². The summed E-state index contributed by atoms with van der Waals surface area (Å²) in [6.07, 6.45) is 1.94. The molecule has 39 heavy (non-hydrogen) atoms. The highest BCUT2D eigenvalue weighted by Crippen LogP contribution is 2.29. The van der Waals surface area contributed by atoms with Gasteiger partial charge in [-0.25, -0.2) is 14.5 Å². The van der Waals surface area contributed by atoms with Gasteiger partial charge in [0, 0.05) is 17.1 Å². The zero-order valence-electron chi connectivity index (χ0n) is 20.3. The van der Waals surface area contributed by atoms with Crippen molar-refractivity contribution in [1.29, 1.82) is 5.26 Å². The second kappa shape index (κ2) is 11.8. The van der Waals surface area contributed by atoms with Gasteiger partial charge >= 0.3 is 6.03 Å². The average Bonchev–Trinajstić information content (AvgIpc) is 3.62. The van der Waals surface area contributed by atoms with Gasteiger partial charge in [0.25, 0.3) is 0 Å². The molecule has 12 heteroatoms. The van der Waals surface area contributed by atoms with Crippen molar-refractivity contribution in [2.75, 3.05) is 0 Å². The molecule has 0 fully saturated rings. The molecule has 0 bridgehead atoms. The first kappa shape index (κ1) is 25.9. The largest absolute Gasteiger partial charge is 0.334 e. The molecule has 2 heterocycles. The summed E-state index contributed by atoms with van der Waals surface area (Å²) in [5.41, 5.74) is 4.24. The molecule has 0 aliphatic rings. The maximum atomic E-state index is 13.1. The second-order valence-corrected chi connectivity index (χ2v) is 9.38. The molecule has 0 aliphatic carbocycles. The number of nitriles is 1. The van der Waals surface area contributed by atoms with E-state index < -0.39 is 12.1 Å². The van der Waals surface area contributed by atoms with Gasteiger partial charge in [0.1, 0.15) is 23.0 Å². The Morgan fingerprint density at radius 3 is 2.59 bits per heavy atom. The number of nitrogens with one attached hydrogen (secondary N) is 3. The number of rotatable bonds is 8. The molecule has 1 atom stereocenters.